The maximum absolute atomic E-state index is 13.8. The Balaban J connectivity index is 2.50. The molecule has 0 aromatic heterocycles. The molecular formula is C15H15F2NO. The van der Waals surface area contributed by atoms with Gasteiger partial charge in [-0.05, 0) is 37.3 Å². The summed E-state index contributed by atoms with van der Waals surface area (Å²) in [4.78, 5) is 1.65. The number of halogens is 2. The summed E-state index contributed by atoms with van der Waals surface area (Å²) in [6.45, 7) is 1.50. The Hall–Kier alpha value is -1.94. The Labute approximate surface area is 110 Å². The van der Waals surface area contributed by atoms with E-state index in [4.69, 9.17) is 0 Å². The highest BCUT2D eigenvalue weighted by molar-refractivity contribution is 5.66. The molecule has 1 N–H and O–H groups in total. The zero-order chi connectivity index (χ0) is 14.0. The van der Waals surface area contributed by atoms with Crippen molar-refractivity contribution in [2.75, 3.05) is 11.9 Å². The van der Waals surface area contributed by atoms with Gasteiger partial charge in [-0.25, -0.2) is 8.78 Å². The molecule has 0 fully saturated rings. The van der Waals surface area contributed by atoms with Gasteiger partial charge in [0, 0.05) is 24.0 Å². The monoisotopic (exact) mass is 263 g/mol. The molecule has 0 aliphatic rings. The van der Waals surface area contributed by atoms with Gasteiger partial charge in [-0.3, -0.25) is 0 Å². The van der Waals surface area contributed by atoms with Gasteiger partial charge in [0.2, 0.25) is 0 Å². The van der Waals surface area contributed by atoms with Crippen LogP contribution in [-0.4, -0.2) is 12.2 Å². The quantitative estimate of drug-likeness (QED) is 0.910. The zero-order valence-corrected chi connectivity index (χ0v) is 10.8. The minimum atomic E-state index is -0.938. The topological polar surface area (TPSA) is 23.5 Å². The first-order chi connectivity index (χ1) is 9.00. The fourth-order valence-electron chi connectivity index (χ4n) is 2.06. The Kier molecular flexibility index (Phi) is 3.81. The van der Waals surface area contributed by atoms with Gasteiger partial charge < -0.3 is 10.0 Å². The average molecular weight is 263 g/mol. The molecule has 0 spiro atoms. The molecule has 1 atom stereocenters. The van der Waals surface area contributed by atoms with Crippen LogP contribution in [0.1, 0.15) is 18.6 Å². The molecule has 0 radical (unpaired) electrons. The van der Waals surface area contributed by atoms with E-state index in [0.717, 1.165) is 0 Å². The highest BCUT2D eigenvalue weighted by atomic mass is 19.1. The Morgan fingerprint density at radius 2 is 1.79 bits per heavy atom. The molecule has 100 valence electrons. The first kappa shape index (κ1) is 13.5. The van der Waals surface area contributed by atoms with Crippen LogP contribution in [0.15, 0.2) is 42.5 Å². The van der Waals surface area contributed by atoms with Gasteiger partial charge in [0.05, 0.1) is 6.10 Å². The lowest BCUT2D eigenvalue weighted by Gasteiger charge is -2.24. The fourth-order valence-corrected chi connectivity index (χ4v) is 2.06. The van der Waals surface area contributed by atoms with Crippen molar-refractivity contribution >= 4 is 11.4 Å². The van der Waals surface area contributed by atoms with Crippen LogP contribution >= 0.6 is 0 Å². The van der Waals surface area contributed by atoms with E-state index < -0.39 is 11.9 Å². The van der Waals surface area contributed by atoms with Gasteiger partial charge in [0.1, 0.15) is 11.6 Å². The van der Waals surface area contributed by atoms with Gasteiger partial charge in [-0.2, -0.15) is 0 Å². The molecule has 2 rings (SSSR count). The third-order valence-corrected chi connectivity index (χ3v) is 3.00. The van der Waals surface area contributed by atoms with E-state index in [1.54, 1.807) is 36.2 Å². The molecule has 0 aliphatic carbocycles. The first-order valence-corrected chi connectivity index (χ1v) is 5.96. The van der Waals surface area contributed by atoms with Crippen molar-refractivity contribution in [2.24, 2.45) is 0 Å². The van der Waals surface area contributed by atoms with Crippen molar-refractivity contribution in [3.05, 3.63) is 59.7 Å². The predicted octanol–water partition coefficient (Wildman–Crippen LogP) is 3.79. The van der Waals surface area contributed by atoms with Crippen LogP contribution in [0.5, 0.6) is 0 Å². The SMILES string of the molecule is C[C@H](O)c1c(F)cccc1N(C)c1cccc(F)c1. The van der Waals surface area contributed by atoms with Crippen LogP contribution in [0.4, 0.5) is 20.2 Å². The van der Waals surface area contributed by atoms with Crippen LogP contribution in [0, 0.1) is 11.6 Å². The second kappa shape index (κ2) is 5.36. The maximum Gasteiger partial charge on any atom is 0.131 e. The molecule has 0 saturated carbocycles. The summed E-state index contributed by atoms with van der Waals surface area (Å²) < 4.78 is 27.0. The summed E-state index contributed by atoms with van der Waals surface area (Å²) >= 11 is 0. The van der Waals surface area contributed by atoms with E-state index >= 15 is 0 Å². The Morgan fingerprint density at radius 1 is 1.11 bits per heavy atom. The van der Waals surface area contributed by atoms with E-state index in [1.807, 2.05) is 0 Å². The molecule has 0 aliphatic heterocycles. The van der Waals surface area contributed by atoms with Crippen molar-refractivity contribution in [3.8, 4) is 0 Å². The van der Waals surface area contributed by atoms with E-state index in [-0.39, 0.29) is 11.4 Å². The number of anilines is 2. The minimum absolute atomic E-state index is 0.203. The number of hydrogen-bond donors (Lipinski definition) is 1. The minimum Gasteiger partial charge on any atom is -0.389 e. The van der Waals surface area contributed by atoms with Gasteiger partial charge >= 0.3 is 0 Å². The van der Waals surface area contributed by atoms with Crippen LogP contribution in [0.25, 0.3) is 0 Å². The summed E-state index contributed by atoms with van der Waals surface area (Å²) in [5.41, 5.74) is 1.31. The highest BCUT2D eigenvalue weighted by Gasteiger charge is 2.17. The lowest BCUT2D eigenvalue weighted by molar-refractivity contribution is 0.194. The van der Waals surface area contributed by atoms with Crippen LogP contribution in [-0.2, 0) is 0 Å². The Morgan fingerprint density at radius 3 is 2.42 bits per heavy atom. The highest BCUT2D eigenvalue weighted by Crippen LogP contribution is 2.32. The van der Waals surface area contributed by atoms with Crippen LogP contribution in [0.3, 0.4) is 0 Å². The van der Waals surface area contributed by atoms with E-state index in [1.165, 1.54) is 25.1 Å². The first-order valence-electron chi connectivity index (χ1n) is 5.96. The van der Waals surface area contributed by atoms with Crippen molar-refractivity contribution < 1.29 is 13.9 Å². The second-order valence-electron chi connectivity index (χ2n) is 4.39. The third kappa shape index (κ3) is 2.74. The van der Waals surface area contributed by atoms with Crippen LogP contribution in [0.2, 0.25) is 0 Å². The number of benzene rings is 2. The maximum atomic E-state index is 13.8. The molecule has 4 heteroatoms. The fraction of sp³-hybridized carbons (Fsp3) is 0.200. The van der Waals surface area contributed by atoms with Crippen molar-refractivity contribution in [2.45, 2.75) is 13.0 Å². The normalized spacial score (nSPS) is 12.3. The molecule has 2 aromatic carbocycles. The molecule has 0 heterocycles. The van der Waals surface area contributed by atoms with E-state index in [0.29, 0.717) is 11.4 Å². The van der Waals surface area contributed by atoms with Crippen LogP contribution < -0.4 is 4.90 Å². The molecule has 0 unspecified atom stereocenters. The zero-order valence-electron chi connectivity index (χ0n) is 10.8. The number of aliphatic hydroxyl groups is 1. The standard InChI is InChI=1S/C15H15F2NO/c1-10(19)15-13(17)7-4-8-14(15)18(2)12-6-3-5-11(16)9-12/h3-10,19H,1-2H3/t10-/m0/s1. The number of rotatable bonds is 3. The van der Waals surface area contributed by atoms with E-state index in [9.17, 15) is 13.9 Å². The summed E-state index contributed by atoms with van der Waals surface area (Å²) in [5, 5.41) is 9.70. The van der Waals surface area contributed by atoms with E-state index in [2.05, 4.69) is 0 Å². The Bertz CT molecular complexity index is 584. The summed E-state index contributed by atoms with van der Waals surface area (Å²) in [5.74, 6) is -0.838. The van der Waals surface area contributed by atoms with Gasteiger partial charge in [0.15, 0.2) is 0 Å². The molecule has 0 bridgehead atoms. The van der Waals surface area contributed by atoms with Gasteiger partial charge in [0.25, 0.3) is 0 Å². The van der Waals surface area contributed by atoms with Crippen molar-refractivity contribution in [1.82, 2.24) is 0 Å². The molecule has 2 aromatic rings. The number of hydrogen-bond acceptors (Lipinski definition) is 2. The molecule has 19 heavy (non-hydrogen) atoms. The number of nitrogens with zero attached hydrogens (tertiary/aromatic N) is 1. The summed E-state index contributed by atoms with van der Waals surface area (Å²) in [6.07, 6.45) is -0.938. The lowest BCUT2D eigenvalue weighted by Crippen LogP contribution is -2.14. The molecule has 0 amide bonds. The number of aliphatic hydroxyl groups excluding tert-OH is 1. The summed E-state index contributed by atoms with van der Waals surface area (Å²) in [7, 11) is 1.70. The van der Waals surface area contributed by atoms with Crippen molar-refractivity contribution in [1.29, 1.82) is 0 Å². The predicted molar refractivity (Wildman–Crippen MR) is 71.5 cm³/mol. The second-order valence-corrected chi connectivity index (χ2v) is 4.39. The molecule has 0 saturated heterocycles. The third-order valence-electron chi connectivity index (χ3n) is 3.00. The van der Waals surface area contributed by atoms with Gasteiger partial charge in [-0.15, -0.1) is 0 Å². The molecule has 2 nitrogen and oxygen atoms in total. The lowest BCUT2D eigenvalue weighted by atomic mass is 10.1. The average Bonchev–Trinajstić information content (AvgIpc) is 2.37. The van der Waals surface area contributed by atoms with Crippen molar-refractivity contribution in [3.63, 3.8) is 0 Å². The van der Waals surface area contributed by atoms with Gasteiger partial charge in [-0.1, -0.05) is 12.1 Å². The summed E-state index contributed by atoms with van der Waals surface area (Å²) in [6, 6.07) is 10.6. The largest absolute Gasteiger partial charge is 0.389 e. The molecular weight excluding hydrogens is 248 g/mol. The smallest absolute Gasteiger partial charge is 0.131 e.